The first-order valence-corrected chi connectivity index (χ1v) is 10.3. The van der Waals surface area contributed by atoms with Crippen molar-refractivity contribution in [1.29, 1.82) is 0 Å². The van der Waals surface area contributed by atoms with Crippen LogP contribution in [-0.2, 0) is 6.42 Å². The molecule has 1 atom stereocenters. The number of allylic oxidation sites excluding steroid dienone is 1. The number of hydrogen-bond donors (Lipinski definition) is 0. The molecule has 0 saturated heterocycles. The Kier molecular flexibility index (Phi) is 3.49. The van der Waals surface area contributed by atoms with Gasteiger partial charge in [-0.15, -0.1) is 0 Å². The third kappa shape index (κ3) is 1.97. The molecule has 1 aromatic rings. The summed E-state index contributed by atoms with van der Waals surface area (Å²) in [5.41, 5.74) is -2.52. The number of alkyl halides is 3. The number of halogens is 4. The second-order valence-electron chi connectivity index (χ2n) is 5.38. The van der Waals surface area contributed by atoms with E-state index in [9.17, 15) is 13.2 Å². The number of fused-ring (bicyclic) bond motifs is 1. The fourth-order valence-electron chi connectivity index (χ4n) is 2.82. The zero-order valence-corrected chi connectivity index (χ0v) is 13.5. The Morgan fingerprint density at radius 1 is 1.30 bits per heavy atom. The van der Waals surface area contributed by atoms with E-state index in [-0.39, 0.29) is 5.92 Å². The summed E-state index contributed by atoms with van der Waals surface area (Å²) in [5.74, 6) is 0.100. The van der Waals surface area contributed by atoms with Gasteiger partial charge in [0.15, 0.2) is 0 Å². The SMILES string of the molecule is CCc1ccc2c(c1)S(Br)(C(F)(F)F)C(C1CCC1)=C2. The Hall–Kier alpha value is -0.420. The Morgan fingerprint density at radius 2 is 2.00 bits per heavy atom. The fraction of sp³-hybridized carbons (Fsp3) is 0.467. The lowest BCUT2D eigenvalue weighted by atomic mass is 9.85. The van der Waals surface area contributed by atoms with Crippen molar-refractivity contribution in [2.75, 3.05) is 0 Å². The average molecular weight is 365 g/mol. The molecule has 1 aliphatic heterocycles. The van der Waals surface area contributed by atoms with Crippen LogP contribution in [0.1, 0.15) is 37.3 Å². The van der Waals surface area contributed by atoms with Gasteiger partial charge < -0.3 is 0 Å². The van der Waals surface area contributed by atoms with Crippen LogP contribution in [0.2, 0.25) is 0 Å². The van der Waals surface area contributed by atoms with Crippen LogP contribution in [0.15, 0.2) is 28.0 Å². The van der Waals surface area contributed by atoms with Gasteiger partial charge in [-0.05, 0) is 76.6 Å². The molecule has 1 heterocycles. The topological polar surface area (TPSA) is 0 Å². The molecule has 20 heavy (non-hydrogen) atoms. The zero-order valence-electron chi connectivity index (χ0n) is 11.1. The minimum atomic E-state index is -4.23. The van der Waals surface area contributed by atoms with E-state index >= 15 is 0 Å². The van der Waals surface area contributed by atoms with Crippen molar-refractivity contribution in [2.24, 2.45) is 5.92 Å². The molecule has 1 aromatic carbocycles. The highest BCUT2D eigenvalue weighted by atomic mass is 79.9. The molecular weight excluding hydrogens is 349 g/mol. The van der Waals surface area contributed by atoms with Gasteiger partial charge in [0.1, 0.15) is 0 Å². The molecule has 0 aromatic heterocycles. The van der Waals surface area contributed by atoms with Crippen molar-refractivity contribution >= 4 is 29.4 Å². The van der Waals surface area contributed by atoms with Crippen molar-refractivity contribution in [3.8, 4) is 0 Å². The van der Waals surface area contributed by atoms with Gasteiger partial charge in [-0.3, -0.25) is 0 Å². The van der Waals surface area contributed by atoms with Crippen molar-refractivity contribution in [2.45, 2.75) is 43.0 Å². The normalized spacial score (nSPS) is 29.4. The molecule has 0 radical (unpaired) electrons. The maximum atomic E-state index is 13.8. The molecule has 0 N–H and O–H groups in total. The van der Waals surface area contributed by atoms with Crippen molar-refractivity contribution in [1.82, 2.24) is 0 Å². The molecule has 5 heteroatoms. The zero-order chi connectivity index (χ0) is 14.5. The summed E-state index contributed by atoms with van der Waals surface area (Å²) in [6, 6.07) is 5.52. The summed E-state index contributed by atoms with van der Waals surface area (Å²) in [5, 5.41) is 0. The molecule has 1 fully saturated rings. The monoisotopic (exact) mass is 364 g/mol. The Morgan fingerprint density at radius 3 is 2.50 bits per heavy atom. The second-order valence-corrected chi connectivity index (χ2v) is 10.7. The molecule has 0 spiro atoms. The number of benzene rings is 1. The van der Waals surface area contributed by atoms with E-state index in [2.05, 4.69) is 14.8 Å². The summed E-state index contributed by atoms with van der Waals surface area (Å²) in [6.07, 6.45) is 5.36. The minimum Gasteiger partial charge on any atom is -0.160 e. The van der Waals surface area contributed by atoms with Gasteiger partial charge in [-0.2, -0.15) is 13.2 Å². The van der Waals surface area contributed by atoms with E-state index in [4.69, 9.17) is 0 Å². The lowest BCUT2D eigenvalue weighted by Crippen LogP contribution is -2.22. The minimum absolute atomic E-state index is 0.100. The van der Waals surface area contributed by atoms with E-state index in [0.717, 1.165) is 36.8 Å². The lowest BCUT2D eigenvalue weighted by molar-refractivity contribution is -0.0358. The summed E-state index contributed by atoms with van der Waals surface area (Å²) in [4.78, 5) is 1.03. The van der Waals surface area contributed by atoms with E-state index in [1.54, 1.807) is 12.1 Å². The van der Waals surface area contributed by atoms with Crippen molar-refractivity contribution in [3.63, 3.8) is 0 Å². The van der Waals surface area contributed by atoms with Crippen molar-refractivity contribution < 1.29 is 13.2 Å². The molecular formula is C15H16BrF3S. The van der Waals surface area contributed by atoms with Crippen molar-refractivity contribution in [3.05, 3.63) is 34.2 Å². The highest BCUT2D eigenvalue weighted by molar-refractivity contribution is 9.59. The molecule has 110 valence electrons. The van der Waals surface area contributed by atoms with Gasteiger partial charge in [0, 0.05) is 4.90 Å². The van der Waals surface area contributed by atoms with Crippen LogP contribution in [0.3, 0.4) is 0 Å². The van der Waals surface area contributed by atoms with Gasteiger partial charge in [-0.1, -0.05) is 25.5 Å². The molecule has 1 unspecified atom stereocenters. The maximum Gasteiger partial charge on any atom is 0.442 e. The van der Waals surface area contributed by atoms with Gasteiger partial charge in [-0.25, -0.2) is 0 Å². The van der Waals surface area contributed by atoms with Crippen LogP contribution in [0, 0.1) is 5.92 Å². The molecule has 0 amide bonds. The predicted octanol–water partition coefficient (Wildman–Crippen LogP) is 6.40. The number of aryl methyl sites for hydroxylation is 1. The summed E-state index contributed by atoms with van der Waals surface area (Å²) >= 11 is 3.16. The van der Waals surface area contributed by atoms with E-state index < -0.39 is 14.0 Å². The second kappa shape index (κ2) is 4.80. The molecule has 2 aliphatic rings. The molecule has 0 nitrogen and oxygen atoms in total. The summed E-state index contributed by atoms with van der Waals surface area (Å²) in [6.45, 7) is 1.97. The van der Waals surface area contributed by atoms with Gasteiger partial charge in [0.2, 0.25) is 0 Å². The fourth-order valence-corrected chi connectivity index (χ4v) is 7.26. The maximum absolute atomic E-state index is 13.8. The molecule has 1 saturated carbocycles. The summed E-state index contributed by atoms with van der Waals surface area (Å²) < 4.78 is 41.3. The van der Waals surface area contributed by atoms with Gasteiger partial charge in [0.05, 0.1) is 0 Å². The highest BCUT2D eigenvalue weighted by Gasteiger charge is 2.57. The average Bonchev–Trinajstić information content (AvgIpc) is 2.61. The van der Waals surface area contributed by atoms with E-state index in [1.165, 1.54) is 0 Å². The van der Waals surface area contributed by atoms with E-state index in [1.807, 2.05) is 19.1 Å². The summed E-state index contributed by atoms with van der Waals surface area (Å²) in [7, 11) is -3.04. The Bertz CT molecular complexity index is 575. The molecule has 0 bridgehead atoms. The van der Waals surface area contributed by atoms with Crippen LogP contribution < -0.4 is 0 Å². The smallest absolute Gasteiger partial charge is 0.160 e. The lowest BCUT2D eigenvalue weighted by Gasteiger charge is -2.41. The van der Waals surface area contributed by atoms with E-state index in [0.29, 0.717) is 9.80 Å². The predicted molar refractivity (Wildman–Crippen MR) is 82.0 cm³/mol. The number of rotatable bonds is 2. The first kappa shape index (κ1) is 14.5. The first-order valence-electron chi connectivity index (χ1n) is 6.81. The first-order chi connectivity index (χ1) is 9.38. The molecule has 1 aliphatic carbocycles. The van der Waals surface area contributed by atoms with Crippen LogP contribution in [-0.4, -0.2) is 5.51 Å². The Labute approximate surface area is 126 Å². The third-order valence-electron chi connectivity index (χ3n) is 4.24. The van der Waals surface area contributed by atoms with Gasteiger partial charge in [0.25, 0.3) is 0 Å². The largest absolute Gasteiger partial charge is 0.442 e. The Balaban J connectivity index is 2.15. The quantitative estimate of drug-likeness (QED) is 0.569. The van der Waals surface area contributed by atoms with Crippen LogP contribution in [0.5, 0.6) is 0 Å². The van der Waals surface area contributed by atoms with Crippen LogP contribution in [0.25, 0.3) is 6.08 Å². The van der Waals surface area contributed by atoms with Crippen LogP contribution >= 0.6 is 23.3 Å². The standard InChI is InChI=1S/C15H16BrF3S/c1-2-10-6-7-12-9-14(11-4-3-5-11)20(16,13(12)8-10)15(17,18)19/h6-9,11H,2-5H2,1H3. The van der Waals surface area contributed by atoms with Gasteiger partial charge >= 0.3 is 5.51 Å². The third-order valence-corrected chi connectivity index (χ3v) is 10.2. The molecule has 3 rings (SSSR count). The van der Waals surface area contributed by atoms with Crippen LogP contribution in [0.4, 0.5) is 13.2 Å². The number of hydrogen-bond acceptors (Lipinski definition) is 0. The highest BCUT2D eigenvalue weighted by Crippen LogP contribution is 2.83.